The summed E-state index contributed by atoms with van der Waals surface area (Å²) in [5.74, 6) is -0.242. The fourth-order valence-corrected chi connectivity index (χ4v) is 4.22. The molecule has 0 heterocycles. The lowest BCUT2D eigenvalue weighted by Crippen LogP contribution is -2.33. The highest BCUT2D eigenvalue weighted by atomic mass is 35.5. The maximum Gasteiger partial charge on any atom is 0.407 e. The van der Waals surface area contributed by atoms with Gasteiger partial charge in [-0.2, -0.15) is 0 Å². The summed E-state index contributed by atoms with van der Waals surface area (Å²) >= 11 is 9.72. The fraction of sp³-hybridized carbons (Fsp3) is 0.440. The Kier molecular flexibility index (Phi) is 12.0. The highest BCUT2D eigenvalue weighted by Crippen LogP contribution is 2.26. The molecule has 1 atom stereocenters. The van der Waals surface area contributed by atoms with Gasteiger partial charge in [0, 0.05) is 42.2 Å². The zero-order valence-corrected chi connectivity index (χ0v) is 23.0. The first-order chi connectivity index (χ1) is 17.0. The van der Waals surface area contributed by atoms with Crippen LogP contribution in [0.5, 0.6) is 0 Å². The van der Waals surface area contributed by atoms with Crippen molar-refractivity contribution in [1.29, 1.82) is 0 Å². The van der Waals surface area contributed by atoms with E-state index in [0.29, 0.717) is 40.8 Å². The molecule has 2 amide bonds. The second kappa shape index (κ2) is 14.4. The Morgan fingerprint density at radius 2 is 1.64 bits per heavy atom. The molecular weight excluding hydrogens is 525 g/mol. The van der Waals surface area contributed by atoms with Crippen molar-refractivity contribution in [1.82, 2.24) is 10.6 Å². The van der Waals surface area contributed by atoms with Crippen LogP contribution in [0.4, 0.5) is 10.5 Å². The molecule has 0 radical (unpaired) electrons. The smallest absolute Gasteiger partial charge is 0.407 e. The van der Waals surface area contributed by atoms with Crippen molar-refractivity contribution in [2.45, 2.75) is 52.1 Å². The number of carbonyl (C=O) groups is 2. The highest BCUT2D eigenvalue weighted by molar-refractivity contribution is 7.80. The molecular formula is C25H32Cl2N3O5S-. The van der Waals surface area contributed by atoms with E-state index in [1.807, 2.05) is 20.8 Å². The van der Waals surface area contributed by atoms with Crippen molar-refractivity contribution in [3.05, 3.63) is 63.6 Å². The van der Waals surface area contributed by atoms with Crippen molar-refractivity contribution in [2.75, 3.05) is 23.9 Å². The van der Waals surface area contributed by atoms with Gasteiger partial charge in [-0.05, 0) is 82.3 Å². The van der Waals surface area contributed by atoms with Crippen LogP contribution in [0, 0.1) is 0 Å². The van der Waals surface area contributed by atoms with Gasteiger partial charge in [-0.3, -0.25) is 9.00 Å². The van der Waals surface area contributed by atoms with Crippen LogP contribution in [-0.4, -0.2) is 46.0 Å². The van der Waals surface area contributed by atoms with E-state index in [0.717, 1.165) is 24.8 Å². The van der Waals surface area contributed by atoms with E-state index in [1.165, 1.54) is 4.31 Å². The molecule has 2 aromatic rings. The van der Waals surface area contributed by atoms with Crippen molar-refractivity contribution in [3.8, 4) is 0 Å². The maximum atomic E-state index is 12.4. The lowest BCUT2D eigenvalue weighted by molar-refractivity contribution is 0.0527. The third kappa shape index (κ3) is 10.3. The van der Waals surface area contributed by atoms with E-state index < -0.39 is 23.0 Å². The number of hydrogen-bond donors (Lipinski definition) is 2. The summed E-state index contributed by atoms with van der Waals surface area (Å²) in [7, 11) is 0. The van der Waals surface area contributed by atoms with Crippen LogP contribution in [0.1, 0.15) is 56.0 Å². The van der Waals surface area contributed by atoms with Gasteiger partial charge in [0.1, 0.15) is 5.60 Å². The average molecular weight is 558 g/mol. The number of nitrogens with one attached hydrogen (secondary N) is 2. The van der Waals surface area contributed by atoms with E-state index in [-0.39, 0.29) is 12.5 Å². The zero-order valence-electron chi connectivity index (χ0n) is 20.6. The summed E-state index contributed by atoms with van der Waals surface area (Å²) in [6, 6.07) is 11.6. The third-order valence-electron chi connectivity index (χ3n) is 5.02. The molecule has 1 unspecified atom stereocenters. The fourth-order valence-electron chi connectivity index (χ4n) is 3.27. The second-order valence-corrected chi connectivity index (χ2v) is 10.7. The van der Waals surface area contributed by atoms with Crippen molar-refractivity contribution in [2.24, 2.45) is 0 Å². The van der Waals surface area contributed by atoms with Gasteiger partial charge in [0.25, 0.3) is 5.91 Å². The first kappa shape index (κ1) is 29.9. The van der Waals surface area contributed by atoms with Gasteiger partial charge in [-0.25, -0.2) is 4.79 Å². The van der Waals surface area contributed by atoms with Crippen LogP contribution in [0.2, 0.25) is 10.0 Å². The lowest BCUT2D eigenvalue weighted by Gasteiger charge is -2.26. The summed E-state index contributed by atoms with van der Waals surface area (Å²) in [4.78, 5) is 24.0. The number of rotatable bonds is 12. The monoisotopic (exact) mass is 556 g/mol. The summed E-state index contributed by atoms with van der Waals surface area (Å²) < 4.78 is 30.0. The molecule has 0 aliphatic carbocycles. The number of unbranched alkanes of at least 4 members (excludes halogenated alkanes) is 2. The number of nitrogens with zero attached hydrogens (tertiary/aromatic N) is 1. The Labute approximate surface area is 225 Å². The minimum atomic E-state index is -2.50. The van der Waals surface area contributed by atoms with E-state index >= 15 is 0 Å². The molecule has 0 saturated heterocycles. The summed E-state index contributed by atoms with van der Waals surface area (Å²) in [5.41, 5.74) is 1.09. The van der Waals surface area contributed by atoms with Gasteiger partial charge in [0.2, 0.25) is 0 Å². The molecule has 36 heavy (non-hydrogen) atoms. The van der Waals surface area contributed by atoms with E-state index in [1.54, 1.807) is 42.5 Å². The maximum absolute atomic E-state index is 12.4. The van der Waals surface area contributed by atoms with Crippen molar-refractivity contribution >= 4 is 52.2 Å². The molecule has 2 rings (SSSR count). The quantitative estimate of drug-likeness (QED) is 0.273. The first-order valence-corrected chi connectivity index (χ1v) is 13.4. The van der Waals surface area contributed by atoms with Crippen LogP contribution in [0.25, 0.3) is 0 Å². The number of amides is 2. The molecule has 8 nitrogen and oxygen atoms in total. The molecule has 2 N–H and O–H groups in total. The topological polar surface area (TPSA) is 111 Å². The number of halogens is 2. The Morgan fingerprint density at radius 1 is 1.00 bits per heavy atom. The van der Waals surface area contributed by atoms with Gasteiger partial charge in [0.15, 0.2) is 0 Å². The SMILES string of the molecule is CC(C)(C)OC(=O)NCCCCCNC(=O)c1ccc(N(CCc2cccc(Cl)c2Cl)S(=O)[O-])cc1. The molecule has 0 aromatic heterocycles. The Bertz CT molecular complexity index is 1040. The third-order valence-corrected chi connectivity index (χ3v) is 6.63. The Morgan fingerprint density at radius 3 is 2.25 bits per heavy atom. The van der Waals surface area contributed by atoms with Gasteiger partial charge >= 0.3 is 6.09 Å². The minimum Gasteiger partial charge on any atom is -0.755 e. The van der Waals surface area contributed by atoms with Gasteiger partial charge in [-0.15, -0.1) is 0 Å². The van der Waals surface area contributed by atoms with Crippen LogP contribution >= 0.6 is 23.2 Å². The number of benzene rings is 2. The molecule has 11 heteroatoms. The van der Waals surface area contributed by atoms with Crippen molar-refractivity contribution in [3.63, 3.8) is 0 Å². The number of anilines is 1. The normalized spacial score (nSPS) is 12.1. The Hall–Kier alpha value is -2.33. The largest absolute Gasteiger partial charge is 0.755 e. The zero-order chi connectivity index (χ0) is 26.7. The van der Waals surface area contributed by atoms with Gasteiger partial charge in [-0.1, -0.05) is 35.3 Å². The summed E-state index contributed by atoms with van der Waals surface area (Å²) in [6.07, 6.45) is 2.30. The number of carbonyl (C=O) groups excluding carboxylic acids is 2. The predicted molar refractivity (Wildman–Crippen MR) is 143 cm³/mol. The molecule has 0 saturated carbocycles. The average Bonchev–Trinajstić information content (AvgIpc) is 2.80. The van der Waals surface area contributed by atoms with Gasteiger partial charge < -0.3 is 24.2 Å². The molecule has 0 fully saturated rings. The van der Waals surface area contributed by atoms with Crippen LogP contribution in [0.3, 0.4) is 0 Å². The number of hydrogen-bond acceptors (Lipinski definition) is 5. The van der Waals surface area contributed by atoms with Crippen LogP contribution in [-0.2, 0) is 22.4 Å². The lowest BCUT2D eigenvalue weighted by atomic mass is 10.1. The molecule has 0 bridgehead atoms. The minimum absolute atomic E-state index is 0.171. The van der Waals surface area contributed by atoms with Crippen LogP contribution < -0.4 is 14.9 Å². The van der Waals surface area contributed by atoms with E-state index in [2.05, 4.69) is 10.6 Å². The first-order valence-electron chi connectivity index (χ1n) is 11.6. The second-order valence-electron chi connectivity index (χ2n) is 9.07. The van der Waals surface area contributed by atoms with E-state index in [4.69, 9.17) is 27.9 Å². The van der Waals surface area contributed by atoms with E-state index in [9.17, 15) is 18.4 Å². The summed E-state index contributed by atoms with van der Waals surface area (Å²) in [5, 5.41) is 6.37. The number of ether oxygens (including phenoxy) is 1. The van der Waals surface area contributed by atoms with Crippen LogP contribution in [0.15, 0.2) is 42.5 Å². The van der Waals surface area contributed by atoms with Crippen molar-refractivity contribution < 1.29 is 23.1 Å². The molecule has 0 aliphatic rings. The Balaban J connectivity index is 1.76. The molecule has 2 aromatic carbocycles. The summed E-state index contributed by atoms with van der Waals surface area (Å²) in [6.45, 7) is 6.59. The molecule has 0 spiro atoms. The number of alkyl carbamates (subject to hydrolysis) is 1. The standard InChI is InChI=1S/C25H33Cl2N3O5S/c1-25(2,3)35-24(32)29-16-6-4-5-15-28-23(31)19-10-12-20(13-11-19)30(36(33)34)17-14-18-8-7-9-21(26)22(18)27/h7-13H,4-6,14-17H2,1-3H3,(H,28,31)(H,29,32)(H,33,34)/p-1. The van der Waals surface area contributed by atoms with Gasteiger partial charge in [0.05, 0.1) is 10.0 Å². The molecule has 198 valence electrons. The predicted octanol–water partition coefficient (Wildman–Crippen LogP) is 5.26. The highest BCUT2D eigenvalue weighted by Gasteiger charge is 2.15. The molecule has 0 aliphatic heterocycles.